The highest BCUT2D eigenvalue weighted by Gasteiger charge is 2.22. The molecule has 0 radical (unpaired) electrons. The molecule has 0 aliphatic rings. The van der Waals surface area contributed by atoms with E-state index in [2.05, 4.69) is 16.2 Å². The number of pyridine rings is 1. The van der Waals surface area contributed by atoms with Gasteiger partial charge in [-0.05, 0) is 43.2 Å². The fourth-order valence-corrected chi connectivity index (χ4v) is 5.85. The third-order valence-electron chi connectivity index (χ3n) is 6.02. The van der Waals surface area contributed by atoms with Gasteiger partial charge in [0.1, 0.15) is 46.9 Å². The summed E-state index contributed by atoms with van der Waals surface area (Å²) in [6, 6.07) is 16.2. The quantitative estimate of drug-likeness (QED) is 0.0673. The van der Waals surface area contributed by atoms with E-state index < -0.39 is 12.0 Å². The number of nitrogens with one attached hydrogen (secondary N) is 1. The van der Waals surface area contributed by atoms with Crippen molar-refractivity contribution in [1.82, 2.24) is 9.97 Å². The van der Waals surface area contributed by atoms with Crippen molar-refractivity contribution in [1.29, 1.82) is 5.26 Å². The first-order valence-electron chi connectivity index (χ1n) is 13.4. The Balaban J connectivity index is 1.59. The number of nitrogens with two attached hydrogens (primary N) is 1. The summed E-state index contributed by atoms with van der Waals surface area (Å²) in [6.45, 7) is 12.4. The van der Waals surface area contributed by atoms with Gasteiger partial charge in [-0.2, -0.15) is 5.26 Å². The van der Waals surface area contributed by atoms with Crippen molar-refractivity contribution in [3.8, 4) is 33.5 Å². The Kier molecular flexibility index (Phi) is 11.4. The predicted molar refractivity (Wildman–Crippen MR) is 172 cm³/mol. The van der Waals surface area contributed by atoms with Crippen LogP contribution in [0.1, 0.15) is 31.5 Å². The number of carbonyl (C=O) groups is 1. The van der Waals surface area contributed by atoms with Crippen molar-refractivity contribution < 1.29 is 14.3 Å². The normalized spacial score (nSPS) is 11.3. The summed E-state index contributed by atoms with van der Waals surface area (Å²) < 4.78 is 10.7. The number of rotatable bonds is 13. The molecule has 0 amide bonds. The Labute approximate surface area is 263 Å². The lowest BCUT2D eigenvalue weighted by Crippen LogP contribution is -2.29. The predicted octanol–water partition coefficient (Wildman–Crippen LogP) is 7.33. The number of esters is 1. The molecule has 0 aliphatic carbocycles. The van der Waals surface area contributed by atoms with Crippen LogP contribution in [0.15, 0.2) is 58.9 Å². The van der Waals surface area contributed by atoms with Crippen molar-refractivity contribution >= 4 is 52.2 Å². The van der Waals surface area contributed by atoms with Crippen molar-refractivity contribution in [3.63, 3.8) is 0 Å². The van der Waals surface area contributed by atoms with Gasteiger partial charge in [0, 0.05) is 33.8 Å². The van der Waals surface area contributed by atoms with Gasteiger partial charge < -0.3 is 20.5 Å². The molecule has 0 aliphatic heterocycles. The number of thiazole rings is 1. The van der Waals surface area contributed by atoms with E-state index in [0.29, 0.717) is 50.6 Å². The molecule has 12 heteroatoms. The van der Waals surface area contributed by atoms with Crippen molar-refractivity contribution in [2.75, 3.05) is 25.1 Å². The topological polar surface area (TPSA) is 128 Å². The number of benzene rings is 2. The summed E-state index contributed by atoms with van der Waals surface area (Å²) in [5.74, 6) is 0.988. The maximum Gasteiger partial charge on any atom is 0.322 e. The molecule has 0 spiro atoms. The van der Waals surface area contributed by atoms with Crippen LogP contribution < -0.4 is 15.8 Å². The van der Waals surface area contributed by atoms with E-state index in [1.165, 1.54) is 23.1 Å². The lowest BCUT2D eigenvalue weighted by molar-refractivity contribution is -0.145. The molecule has 4 rings (SSSR count). The smallest absolute Gasteiger partial charge is 0.322 e. The largest absolute Gasteiger partial charge is 0.490 e. The zero-order valence-electron chi connectivity index (χ0n) is 23.6. The standard InChI is InChI=1S/C31H29ClN6O3S2/c1-4-13-36-28-27(35-3)26(20-7-11-24(12-8-20)40-14-15-41-31(39)19(2)34)25(16-33)30(38-28)43-18-23-17-42-29(37-23)21-5-9-22(32)10-6-21/h5-12,17,19H,4,13-15,18,34H2,1-2H3,(H,36,38)/t19-/m0/s1. The van der Waals surface area contributed by atoms with Gasteiger partial charge in [-0.25, -0.2) is 14.8 Å². The first kappa shape index (κ1) is 31.8. The van der Waals surface area contributed by atoms with Crippen LogP contribution >= 0.6 is 34.7 Å². The maximum atomic E-state index is 11.5. The molecule has 220 valence electrons. The third-order valence-corrected chi connectivity index (χ3v) is 8.22. The summed E-state index contributed by atoms with van der Waals surface area (Å²) in [4.78, 5) is 24.8. The van der Waals surface area contributed by atoms with Gasteiger partial charge in [0.05, 0.1) is 17.8 Å². The highest BCUT2D eigenvalue weighted by Crippen LogP contribution is 2.43. The van der Waals surface area contributed by atoms with E-state index in [4.69, 9.17) is 43.3 Å². The number of aromatic nitrogens is 2. The number of thioether (sulfide) groups is 1. The van der Waals surface area contributed by atoms with Crippen molar-refractivity contribution in [2.45, 2.75) is 37.1 Å². The van der Waals surface area contributed by atoms with E-state index in [9.17, 15) is 10.1 Å². The zero-order valence-corrected chi connectivity index (χ0v) is 26.0. The lowest BCUT2D eigenvalue weighted by Gasteiger charge is -2.16. The molecule has 0 unspecified atom stereocenters. The van der Waals surface area contributed by atoms with E-state index in [1.54, 1.807) is 31.2 Å². The molecule has 2 aromatic carbocycles. The minimum absolute atomic E-state index is 0.0696. The Bertz CT molecular complexity index is 1640. The van der Waals surface area contributed by atoms with Crippen LogP contribution in [-0.4, -0.2) is 41.7 Å². The fraction of sp³-hybridized carbons (Fsp3) is 0.258. The minimum atomic E-state index is -0.696. The molecule has 2 aromatic heterocycles. The molecule has 0 fully saturated rings. The van der Waals surface area contributed by atoms with Crippen molar-refractivity contribution in [2.24, 2.45) is 5.73 Å². The first-order chi connectivity index (χ1) is 20.8. The molecular formula is C31H29ClN6O3S2. The number of halogens is 1. The molecule has 0 bridgehead atoms. The van der Waals surface area contributed by atoms with Gasteiger partial charge in [0.25, 0.3) is 0 Å². The van der Waals surface area contributed by atoms with E-state index >= 15 is 0 Å². The van der Waals surface area contributed by atoms with Crippen LogP contribution in [0.2, 0.25) is 5.02 Å². The summed E-state index contributed by atoms with van der Waals surface area (Å²) in [5, 5.41) is 17.6. The fourth-order valence-electron chi connectivity index (χ4n) is 3.91. The Morgan fingerprint density at radius 1 is 1.19 bits per heavy atom. The van der Waals surface area contributed by atoms with Crippen LogP contribution in [0, 0.1) is 17.9 Å². The molecule has 2 heterocycles. The Morgan fingerprint density at radius 2 is 1.91 bits per heavy atom. The maximum absolute atomic E-state index is 11.5. The van der Waals surface area contributed by atoms with Gasteiger partial charge in [-0.3, -0.25) is 4.79 Å². The van der Waals surface area contributed by atoms with Crippen LogP contribution in [-0.2, 0) is 15.3 Å². The zero-order chi connectivity index (χ0) is 30.8. The third kappa shape index (κ3) is 8.25. The molecule has 43 heavy (non-hydrogen) atoms. The average molecular weight is 633 g/mol. The second-order valence-corrected chi connectivity index (χ2v) is 11.5. The molecule has 9 nitrogen and oxygen atoms in total. The van der Waals surface area contributed by atoms with Crippen LogP contribution in [0.4, 0.5) is 11.5 Å². The summed E-state index contributed by atoms with van der Waals surface area (Å²) in [6.07, 6.45) is 0.842. The molecule has 1 atom stereocenters. The van der Waals surface area contributed by atoms with Gasteiger partial charge in [0.2, 0.25) is 5.69 Å². The van der Waals surface area contributed by atoms with E-state index in [-0.39, 0.29) is 18.9 Å². The SMILES string of the molecule is [C-]#[N+]c1c(NCCC)nc(SCc2csc(-c3ccc(Cl)cc3)n2)c(C#N)c1-c1ccc(OCCOC(=O)[C@H](C)N)cc1. The second kappa shape index (κ2) is 15.4. The monoisotopic (exact) mass is 632 g/mol. The van der Waals surface area contributed by atoms with Gasteiger partial charge >= 0.3 is 5.97 Å². The number of carbonyl (C=O) groups excluding carboxylic acids is 1. The average Bonchev–Trinajstić information content (AvgIpc) is 3.50. The van der Waals surface area contributed by atoms with Crippen LogP contribution in [0.3, 0.4) is 0 Å². The van der Waals surface area contributed by atoms with E-state index in [0.717, 1.165) is 22.7 Å². The Morgan fingerprint density at radius 3 is 2.56 bits per heavy atom. The number of ether oxygens (including phenoxy) is 2. The summed E-state index contributed by atoms with van der Waals surface area (Å²) in [7, 11) is 0. The number of hydrogen-bond donors (Lipinski definition) is 2. The number of nitriles is 1. The van der Waals surface area contributed by atoms with Gasteiger partial charge in [-0.1, -0.05) is 54.6 Å². The van der Waals surface area contributed by atoms with Crippen molar-refractivity contribution in [3.05, 3.63) is 81.6 Å². The molecule has 0 saturated carbocycles. The van der Waals surface area contributed by atoms with Crippen LogP contribution in [0.5, 0.6) is 5.75 Å². The highest BCUT2D eigenvalue weighted by atomic mass is 35.5. The lowest BCUT2D eigenvalue weighted by atomic mass is 9.99. The van der Waals surface area contributed by atoms with Gasteiger partial charge in [-0.15, -0.1) is 11.3 Å². The second-order valence-electron chi connectivity index (χ2n) is 9.28. The Hall–Kier alpha value is -4.13. The number of nitrogens with zero attached hydrogens (tertiary/aromatic N) is 4. The van der Waals surface area contributed by atoms with E-state index in [1.807, 2.05) is 36.6 Å². The first-order valence-corrected chi connectivity index (χ1v) is 15.7. The minimum Gasteiger partial charge on any atom is -0.490 e. The summed E-state index contributed by atoms with van der Waals surface area (Å²) in [5.41, 5.74) is 9.13. The molecular weight excluding hydrogens is 604 g/mol. The number of anilines is 1. The molecule has 0 saturated heterocycles. The number of hydrogen-bond acceptors (Lipinski definition) is 10. The highest BCUT2D eigenvalue weighted by molar-refractivity contribution is 7.98. The molecule has 4 aromatic rings. The summed E-state index contributed by atoms with van der Waals surface area (Å²) >= 11 is 8.96. The van der Waals surface area contributed by atoms with Gasteiger partial charge in [0.15, 0.2) is 0 Å². The molecule has 3 N–H and O–H groups in total. The van der Waals surface area contributed by atoms with Crippen LogP contribution in [0.25, 0.3) is 26.5 Å².